The number of benzene rings is 2. The molecule has 3 fully saturated rings. The molecule has 3 aliphatic rings. The molecule has 0 N–H and O–H groups in total. The maximum absolute atomic E-state index is 13.3. The summed E-state index contributed by atoms with van der Waals surface area (Å²) in [4.78, 5) is 27.3. The molecule has 0 radical (unpaired) electrons. The average molecular weight is 552 g/mol. The molecular formula is C34H41N5O2. The summed E-state index contributed by atoms with van der Waals surface area (Å²) in [5.74, 6) is 2.07. The van der Waals surface area contributed by atoms with Crippen LogP contribution in [0, 0.1) is 20.8 Å². The van der Waals surface area contributed by atoms with Gasteiger partial charge >= 0.3 is 0 Å². The number of carbonyl (C=O) groups excluding carboxylic acids is 1. The largest absolute Gasteiger partial charge is 0.436 e. The number of fused-ring (bicyclic) bond motifs is 3. The summed E-state index contributed by atoms with van der Waals surface area (Å²) in [6.07, 6.45) is 8.07. The highest BCUT2D eigenvalue weighted by molar-refractivity contribution is 5.92. The highest BCUT2D eigenvalue weighted by Crippen LogP contribution is 2.45. The van der Waals surface area contributed by atoms with Crippen molar-refractivity contribution in [3.63, 3.8) is 0 Å². The normalized spacial score (nSPS) is 24.3. The van der Waals surface area contributed by atoms with Crippen molar-refractivity contribution in [3.8, 4) is 0 Å². The Labute approximate surface area is 242 Å². The van der Waals surface area contributed by atoms with E-state index in [1.54, 1.807) is 6.92 Å². The molecule has 4 aromatic rings. The van der Waals surface area contributed by atoms with Gasteiger partial charge in [0, 0.05) is 38.1 Å². The van der Waals surface area contributed by atoms with Crippen LogP contribution in [-0.4, -0.2) is 62.0 Å². The van der Waals surface area contributed by atoms with E-state index in [0.717, 1.165) is 50.2 Å². The maximum atomic E-state index is 13.3. The quantitative estimate of drug-likeness (QED) is 0.278. The van der Waals surface area contributed by atoms with Gasteiger partial charge in [0.1, 0.15) is 5.82 Å². The fourth-order valence-corrected chi connectivity index (χ4v) is 8.28. The summed E-state index contributed by atoms with van der Waals surface area (Å²) in [5.41, 5.74) is 4.58. The molecule has 3 atom stereocenters. The van der Waals surface area contributed by atoms with Gasteiger partial charge in [0.2, 0.25) is 5.76 Å². The van der Waals surface area contributed by atoms with Gasteiger partial charge in [0.05, 0.1) is 16.7 Å². The topological polar surface area (TPSA) is 67.4 Å². The van der Waals surface area contributed by atoms with Crippen molar-refractivity contribution in [1.82, 2.24) is 24.3 Å². The fraction of sp³-hybridized carbons (Fsp3) is 0.500. The third-order valence-electron chi connectivity index (χ3n) is 10.3. The van der Waals surface area contributed by atoms with Crippen molar-refractivity contribution in [2.45, 2.75) is 89.3 Å². The Hall–Kier alpha value is -3.45. The zero-order chi connectivity index (χ0) is 28.1. The predicted molar refractivity (Wildman–Crippen MR) is 160 cm³/mol. The Morgan fingerprint density at radius 1 is 0.902 bits per heavy atom. The SMILES string of the molecule is Cc1nc(C)c(C(=O)N2CCC(CCN3[C@@H]4CC[C@H]3C[C@@H](n3c(C)nc5ccccc53)C4)(c3ccccc3)CC2)o1. The minimum absolute atomic E-state index is 0.0211. The first-order valence-electron chi connectivity index (χ1n) is 15.4. The summed E-state index contributed by atoms with van der Waals surface area (Å²) in [6.45, 7) is 8.43. The maximum Gasteiger partial charge on any atom is 0.291 e. The van der Waals surface area contributed by atoms with Crippen molar-refractivity contribution >= 4 is 16.9 Å². The number of piperidine rings is 2. The molecule has 7 rings (SSSR count). The van der Waals surface area contributed by atoms with E-state index in [1.165, 1.54) is 36.8 Å². The summed E-state index contributed by atoms with van der Waals surface area (Å²) in [5, 5.41) is 0. The van der Waals surface area contributed by atoms with Gasteiger partial charge in [-0.3, -0.25) is 9.69 Å². The lowest BCUT2D eigenvalue weighted by Crippen LogP contribution is -2.49. The molecule has 7 heteroatoms. The summed E-state index contributed by atoms with van der Waals surface area (Å²) in [6, 6.07) is 21.4. The number of likely N-dealkylation sites (tertiary alicyclic amines) is 1. The van der Waals surface area contributed by atoms with Crippen LogP contribution in [0.4, 0.5) is 0 Å². The number of aromatic nitrogens is 3. The molecular weight excluding hydrogens is 510 g/mol. The molecule has 3 aliphatic heterocycles. The van der Waals surface area contributed by atoms with E-state index >= 15 is 0 Å². The van der Waals surface area contributed by atoms with Crippen LogP contribution >= 0.6 is 0 Å². The van der Waals surface area contributed by atoms with E-state index in [0.29, 0.717) is 35.5 Å². The Kier molecular flexibility index (Phi) is 6.73. The van der Waals surface area contributed by atoms with Crippen molar-refractivity contribution in [2.24, 2.45) is 0 Å². The molecule has 1 amide bonds. The third kappa shape index (κ3) is 4.68. The monoisotopic (exact) mass is 551 g/mol. The molecule has 2 aromatic heterocycles. The average Bonchev–Trinajstić information content (AvgIpc) is 3.59. The van der Waals surface area contributed by atoms with E-state index in [-0.39, 0.29) is 11.3 Å². The Bertz CT molecular complexity index is 1530. The molecule has 2 bridgehead atoms. The number of hydrogen-bond donors (Lipinski definition) is 0. The zero-order valence-electron chi connectivity index (χ0n) is 24.6. The van der Waals surface area contributed by atoms with Crippen LogP contribution in [0.5, 0.6) is 0 Å². The van der Waals surface area contributed by atoms with Gasteiger partial charge in [-0.25, -0.2) is 9.97 Å². The van der Waals surface area contributed by atoms with Gasteiger partial charge in [0.15, 0.2) is 5.89 Å². The molecule has 0 aliphatic carbocycles. The standard InChI is InChI=1S/C34H41N5O2/c1-23-32(41-25(3)35-23)33(40)37-18-15-34(16-19-37,26-9-5-4-6-10-26)17-20-38-27-13-14-28(38)22-29(21-27)39-24(2)36-30-11-7-8-12-31(30)39/h4-12,27-29H,13-22H2,1-3H3/t27-,28+,29+. The van der Waals surface area contributed by atoms with E-state index in [1.807, 2.05) is 11.8 Å². The Morgan fingerprint density at radius 2 is 1.59 bits per heavy atom. The van der Waals surface area contributed by atoms with Crippen LogP contribution in [0.25, 0.3) is 11.0 Å². The lowest BCUT2D eigenvalue weighted by atomic mass is 9.70. The summed E-state index contributed by atoms with van der Waals surface area (Å²) < 4.78 is 8.20. The molecule has 5 heterocycles. The van der Waals surface area contributed by atoms with Crippen LogP contribution in [-0.2, 0) is 5.41 Å². The molecule has 2 aromatic carbocycles. The molecule has 0 unspecified atom stereocenters. The molecule has 0 spiro atoms. The number of amides is 1. The first-order valence-corrected chi connectivity index (χ1v) is 15.4. The van der Waals surface area contributed by atoms with Crippen LogP contribution in [0.3, 0.4) is 0 Å². The first kappa shape index (κ1) is 26.4. The van der Waals surface area contributed by atoms with Crippen molar-refractivity contribution in [3.05, 3.63) is 83.3 Å². The van der Waals surface area contributed by atoms with Crippen molar-refractivity contribution in [2.75, 3.05) is 19.6 Å². The highest BCUT2D eigenvalue weighted by Gasteiger charge is 2.44. The van der Waals surface area contributed by atoms with Crippen LogP contribution < -0.4 is 0 Å². The fourth-order valence-electron chi connectivity index (χ4n) is 8.28. The number of imidazole rings is 1. The molecule has 0 saturated carbocycles. The van der Waals surface area contributed by atoms with Crippen LogP contribution in [0.2, 0.25) is 0 Å². The van der Waals surface area contributed by atoms with Crippen molar-refractivity contribution in [1.29, 1.82) is 0 Å². The molecule has 3 saturated heterocycles. The highest BCUT2D eigenvalue weighted by atomic mass is 16.4. The zero-order valence-corrected chi connectivity index (χ0v) is 24.6. The van der Waals surface area contributed by atoms with E-state index < -0.39 is 0 Å². The number of aryl methyl sites for hydroxylation is 3. The lowest BCUT2D eigenvalue weighted by Gasteiger charge is -2.45. The van der Waals surface area contributed by atoms with Gasteiger partial charge in [0.25, 0.3) is 5.91 Å². The van der Waals surface area contributed by atoms with E-state index in [2.05, 4.69) is 76.0 Å². The minimum atomic E-state index is -0.0211. The van der Waals surface area contributed by atoms with Gasteiger partial charge in [-0.1, -0.05) is 42.5 Å². The number of carbonyl (C=O) groups is 1. The second-order valence-corrected chi connectivity index (χ2v) is 12.6. The number of oxazole rings is 1. The minimum Gasteiger partial charge on any atom is -0.436 e. The van der Waals surface area contributed by atoms with Gasteiger partial charge in [-0.05, 0) is 88.4 Å². The second kappa shape index (κ2) is 10.4. The Balaban J connectivity index is 1.07. The Morgan fingerprint density at radius 3 is 2.27 bits per heavy atom. The van der Waals surface area contributed by atoms with E-state index in [9.17, 15) is 4.79 Å². The second-order valence-electron chi connectivity index (χ2n) is 12.6. The van der Waals surface area contributed by atoms with Gasteiger partial charge < -0.3 is 13.9 Å². The smallest absolute Gasteiger partial charge is 0.291 e. The van der Waals surface area contributed by atoms with Crippen LogP contribution in [0.15, 0.2) is 59.0 Å². The number of hydrogen-bond acceptors (Lipinski definition) is 5. The van der Waals surface area contributed by atoms with Crippen LogP contribution in [0.1, 0.15) is 84.5 Å². The van der Waals surface area contributed by atoms with Gasteiger partial charge in [-0.2, -0.15) is 0 Å². The number of rotatable bonds is 6. The summed E-state index contributed by atoms with van der Waals surface area (Å²) >= 11 is 0. The predicted octanol–water partition coefficient (Wildman–Crippen LogP) is 6.38. The summed E-state index contributed by atoms with van der Waals surface area (Å²) in [7, 11) is 0. The number of nitrogens with zero attached hydrogens (tertiary/aromatic N) is 5. The molecule has 41 heavy (non-hydrogen) atoms. The first-order chi connectivity index (χ1) is 19.9. The third-order valence-corrected chi connectivity index (χ3v) is 10.3. The molecule has 214 valence electrons. The molecule has 7 nitrogen and oxygen atoms in total. The van der Waals surface area contributed by atoms with E-state index in [4.69, 9.17) is 9.40 Å². The lowest BCUT2D eigenvalue weighted by molar-refractivity contribution is 0.0578. The number of para-hydroxylation sites is 2. The van der Waals surface area contributed by atoms with Gasteiger partial charge in [-0.15, -0.1) is 0 Å². The van der Waals surface area contributed by atoms with Crippen molar-refractivity contribution < 1.29 is 9.21 Å².